The minimum absolute atomic E-state index is 0.0769. The molecule has 0 bridgehead atoms. The maximum Gasteiger partial charge on any atom is 0.132 e. The summed E-state index contributed by atoms with van der Waals surface area (Å²) in [6, 6.07) is 8.82. The van der Waals surface area contributed by atoms with Gasteiger partial charge in [-0.3, -0.25) is 0 Å². The van der Waals surface area contributed by atoms with Gasteiger partial charge in [0.05, 0.1) is 5.56 Å². The first-order valence-electron chi connectivity index (χ1n) is 5.50. The van der Waals surface area contributed by atoms with Crippen LogP contribution in [0.15, 0.2) is 36.4 Å². The monoisotopic (exact) mass is 249 g/mol. The molecular formula is C14H13F2NO. The third-order valence-corrected chi connectivity index (χ3v) is 2.69. The molecule has 0 fully saturated rings. The minimum atomic E-state index is -0.609. The third kappa shape index (κ3) is 2.59. The molecule has 0 radical (unpaired) electrons. The Balaban J connectivity index is 2.14. The SMILES string of the molecule is Cc1cc(OCc2c(F)cccc2F)ccc1N. The Morgan fingerprint density at radius 2 is 1.78 bits per heavy atom. The van der Waals surface area contributed by atoms with Gasteiger partial charge in [0.1, 0.15) is 24.0 Å². The second-order valence-corrected chi connectivity index (χ2v) is 4.01. The summed E-state index contributed by atoms with van der Waals surface area (Å²) in [5.41, 5.74) is 7.11. The molecule has 0 atom stereocenters. The lowest BCUT2D eigenvalue weighted by Gasteiger charge is -2.09. The van der Waals surface area contributed by atoms with Crippen LogP contribution in [0.25, 0.3) is 0 Å². The first kappa shape index (κ1) is 12.4. The average molecular weight is 249 g/mol. The van der Waals surface area contributed by atoms with E-state index in [1.165, 1.54) is 18.2 Å². The molecule has 0 heterocycles. The van der Waals surface area contributed by atoms with Crippen molar-refractivity contribution in [3.05, 3.63) is 59.2 Å². The molecule has 4 heteroatoms. The minimum Gasteiger partial charge on any atom is -0.489 e. The summed E-state index contributed by atoms with van der Waals surface area (Å²) in [6.07, 6.45) is 0. The number of nitrogen functional groups attached to an aromatic ring is 1. The maximum absolute atomic E-state index is 13.4. The zero-order chi connectivity index (χ0) is 13.1. The van der Waals surface area contributed by atoms with Crippen molar-refractivity contribution in [1.29, 1.82) is 0 Å². The molecule has 0 aliphatic carbocycles. The van der Waals surface area contributed by atoms with Gasteiger partial charge < -0.3 is 10.5 Å². The van der Waals surface area contributed by atoms with E-state index in [0.717, 1.165) is 5.56 Å². The lowest BCUT2D eigenvalue weighted by molar-refractivity contribution is 0.292. The van der Waals surface area contributed by atoms with Crippen molar-refractivity contribution in [3.63, 3.8) is 0 Å². The Hall–Kier alpha value is -2.10. The highest BCUT2D eigenvalue weighted by atomic mass is 19.1. The van der Waals surface area contributed by atoms with Gasteiger partial charge in [0.15, 0.2) is 0 Å². The van der Waals surface area contributed by atoms with Crippen molar-refractivity contribution in [2.75, 3.05) is 5.73 Å². The fraction of sp³-hybridized carbons (Fsp3) is 0.143. The molecule has 94 valence electrons. The molecule has 0 unspecified atom stereocenters. The van der Waals surface area contributed by atoms with Crippen molar-refractivity contribution < 1.29 is 13.5 Å². The van der Waals surface area contributed by atoms with Crippen LogP contribution in [0.1, 0.15) is 11.1 Å². The van der Waals surface area contributed by atoms with E-state index < -0.39 is 11.6 Å². The van der Waals surface area contributed by atoms with E-state index in [2.05, 4.69) is 0 Å². The summed E-state index contributed by atoms with van der Waals surface area (Å²) in [4.78, 5) is 0. The number of halogens is 2. The van der Waals surface area contributed by atoms with E-state index in [-0.39, 0.29) is 12.2 Å². The summed E-state index contributed by atoms with van der Waals surface area (Å²) < 4.78 is 32.1. The fourth-order valence-corrected chi connectivity index (χ4v) is 1.56. The smallest absolute Gasteiger partial charge is 0.132 e. The predicted octanol–water partition coefficient (Wildman–Crippen LogP) is 3.43. The van der Waals surface area contributed by atoms with Crippen molar-refractivity contribution >= 4 is 5.69 Å². The molecule has 2 aromatic rings. The van der Waals surface area contributed by atoms with Crippen molar-refractivity contribution in [3.8, 4) is 5.75 Å². The number of aryl methyl sites for hydroxylation is 1. The molecule has 2 N–H and O–H groups in total. The van der Waals surface area contributed by atoms with Crippen LogP contribution in [0, 0.1) is 18.6 Å². The molecule has 2 nitrogen and oxygen atoms in total. The van der Waals surface area contributed by atoms with Crippen LogP contribution >= 0.6 is 0 Å². The Bertz CT molecular complexity index is 549. The quantitative estimate of drug-likeness (QED) is 0.846. The molecule has 0 aliphatic rings. The zero-order valence-corrected chi connectivity index (χ0v) is 9.91. The van der Waals surface area contributed by atoms with Gasteiger partial charge in [-0.2, -0.15) is 0 Å². The van der Waals surface area contributed by atoms with E-state index >= 15 is 0 Å². The fourth-order valence-electron chi connectivity index (χ4n) is 1.56. The average Bonchev–Trinajstić information content (AvgIpc) is 2.33. The zero-order valence-electron chi connectivity index (χ0n) is 9.91. The highest BCUT2D eigenvalue weighted by molar-refractivity contribution is 5.49. The topological polar surface area (TPSA) is 35.2 Å². The van der Waals surface area contributed by atoms with Gasteiger partial charge in [-0.1, -0.05) is 6.07 Å². The van der Waals surface area contributed by atoms with Gasteiger partial charge in [-0.25, -0.2) is 8.78 Å². The standard InChI is InChI=1S/C14H13F2NO/c1-9-7-10(5-6-14(9)17)18-8-11-12(15)3-2-4-13(11)16/h2-7H,8,17H2,1H3. The summed E-state index contributed by atoms with van der Waals surface area (Å²) in [5, 5.41) is 0. The number of rotatable bonds is 3. The van der Waals surface area contributed by atoms with Crippen molar-refractivity contribution in [2.45, 2.75) is 13.5 Å². The first-order chi connectivity index (χ1) is 8.58. The molecule has 0 aromatic heterocycles. The summed E-state index contributed by atoms with van der Waals surface area (Å²) in [5.74, 6) is -0.686. The van der Waals surface area contributed by atoms with E-state index in [1.807, 2.05) is 6.92 Å². The van der Waals surface area contributed by atoms with Crippen LogP contribution in [0.3, 0.4) is 0 Å². The van der Waals surface area contributed by atoms with Gasteiger partial charge in [-0.05, 0) is 42.8 Å². The van der Waals surface area contributed by atoms with Gasteiger partial charge in [-0.15, -0.1) is 0 Å². The maximum atomic E-state index is 13.4. The highest BCUT2D eigenvalue weighted by Crippen LogP contribution is 2.21. The van der Waals surface area contributed by atoms with Gasteiger partial charge in [0, 0.05) is 5.69 Å². The molecular weight excluding hydrogens is 236 g/mol. The lowest BCUT2D eigenvalue weighted by Crippen LogP contribution is -2.02. The molecule has 0 saturated carbocycles. The summed E-state index contributed by atoms with van der Waals surface area (Å²) in [7, 11) is 0. The Labute approximate surface area is 104 Å². The van der Waals surface area contributed by atoms with E-state index in [9.17, 15) is 8.78 Å². The van der Waals surface area contributed by atoms with Crippen LogP contribution in [-0.4, -0.2) is 0 Å². The molecule has 18 heavy (non-hydrogen) atoms. The number of hydrogen-bond acceptors (Lipinski definition) is 2. The molecule has 0 saturated heterocycles. The number of benzene rings is 2. The molecule has 0 amide bonds. The largest absolute Gasteiger partial charge is 0.489 e. The number of nitrogens with two attached hydrogens (primary N) is 1. The van der Waals surface area contributed by atoms with Gasteiger partial charge in [0.2, 0.25) is 0 Å². The normalized spacial score (nSPS) is 10.4. The number of hydrogen-bond donors (Lipinski definition) is 1. The molecule has 2 rings (SSSR count). The van der Waals surface area contributed by atoms with Crippen LogP contribution in [-0.2, 0) is 6.61 Å². The van der Waals surface area contributed by atoms with E-state index in [4.69, 9.17) is 10.5 Å². The van der Waals surface area contributed by atoms with E-state index in [0.29, 0.717) is 11.4 Å². The highest BCUT2D eigenvalue weighted by Gasteiger charge is 2.09. The lowest BCUT2D eigenvalue weighted by atomic mass is 10.2. The van der Waals surface area contributed by atoms with Gasteiger partial charge >= 0.3 is 0 Å². The third-order valence-electron chi connectivity index (χ3n) is 2.69. The Morgan fingerprint density at radius 1 is 1.11 bits per heavy atom. The Morgan fingerprint density at radius 3 is 2.39 bits per heavy atom. The number of anilines is 1. The molecule has 0 aliphatic heterocycles. The van der Waals surface area contributed by atoms with Gasteiger partial charge in [0.25, 0.3) is 0 Å². The molecule has 2 aromatic carbocycles. The number of ether oxygens (including phenoxy) is 1. The summed E-state index contributed by atoms with van der Waals surface area (Å²) in [6.45, 7) is 1.69. The van der Waals surface area contributed by atoms with Crippen LogP contribution < -0.4 is 10.5 Å². The first-order valence-corrected chi connectivity index (χ1v) is 5.50. The Kier molecular flexibility index (Phi) is 3.46. The van der Waals surface area contributed by atoms with Crippen LogP contribution in [0.2, 0.25) is 0 Å². The van der Waals surface area contributed by atoms with Crippen LogP contribution in [0.4, 0.5) is 14.5 Å². The van der Waals surface area contributed by atoms with E-state index in [1.54, 1.807) is 18.2 Å². The molecule has 0 spiro atoms. The van der Waals surface area contributed by atoms with Crippen molar-refractivity contribution in [1.82, 2.24) is 0 Å². The predicted molar refractivity (Wildman–Crippen MR) is 66.3 cm³/mol. The second-order valence-electron chi connectivity index (χ2n) is 4.01. The van der Waals surface area contributed by atoms with Crippen LogP contribution in [0.5, 0.6) is 5.75 Å². The van der Waals surface area contributed by atoms with Crippen molar-refractivity contribution in [2.24, 2.45) is 0 Å². The summed E-state index contributed by atoms with van der Waals surface area (Å²) >= 11 is 0. The second kappa shape index (κ2) is 5.04.